The molecule has 0 aromatic heterocycles. The predicted octanol–water partition coefficient (Wildman–Crippen LogP) is 2.51. The molecule has 0 heterocycles. The van der Waals surface area contributed by atoms with E-state index in [-0.39, 0.29) is 11.9 Å². The second kappa shape index (κ2) is 6.62. The zero-order chi connectivity index (χ0) is 12.8. The van der Waals surface area contributed by atoms with Gasteiger partial charge in [0.1, 0.15) is 0 Å². The van der Waals surface area contributed by atoms with Gasteiger partial charge in [0, 0.05) is 12.6 Å². The number of rotatable bonds is 5. The lowest BCUT2D eigenvalue weighted by Crippen LogP contribution is -2.40. The highest BCUT2D eigenvalue weighted by Gasteiger charge is 2.14. The number of hydrogen-bond donors (Lipinski definition) is 2. The smallest absolute Gasteiger partial charge is 0.253 e. The van der Waals surface area contributed by atoms with E-state index in [4.69, 9.17) is 17.3 Å². The van der Waals surface area contributed by atoms with E-state index < -0.39 is 0 Å². The molecule has 1 aromatic rings. The summed E-state index contributed by atoms with van der Waals surface area (Å²) in [6, 6.07) is 5.42. The molecule has 1 amide bonds. The highest BCUT2D eigenvalue weighted by molar-refractivity contribution is 6.33. The normalized spacial score (nSPS) is 12.2. The first kappa shape index (κ1) is 14.0. The Balaban J connectivity index is 2.75. The van der Waals surface area contributed by atoms with E-state index >= 15 is 0 Å². The van der Waals surface area contributed by atoms with Crippen molar-refractivity contribution < 1.29 is 4.79 Å². The standard InChI is InChI=1S/C13H19ClN2O/c1-3-4-10(8-15)16-13(17)11-6-5-9(2)7-12(11)14/h5-7,10H,3-4,8,15H2,1-2H3,(H,16,17). The number of carbonyl (C=O) groups is 1. The lowest BCUT2D eigenvalue weighted by atomic mass is 10.1. The molecule has 3 N–H and O–H groups in total. The van der Waals surface area contributed by atoms with Crippen LogP contribution in [0.5, 0.6) is 0 Å². The predicted molar refractivity (Wildman–Crippen MR) is 71.4 cm³/mol. The summed E-state index contributed by atoms with van der Waals surface area (Å²) in [5.74, 6) is -0.154. The van der Waals surface area contributed by atoms with E-state index in [1.54, 1.807) is 12.1 Å². The van der Waals surface area contributed by atoms with Crippen LogP contribution < -0.4 is 11.1 Å². The minimum absolute atomic E-state index is 0.0184. The first-order valence-electron chi connectivity index (χ1n) is 5.85. The van der Waals surface area contributed by atoms with Crippen molar-refractivity contribution in [3.05, 3.63) is 34.3 Å². The summed E-state index contributed by atoms with van der Waals surface area (Å²) in [7, 11) is 0. The lowest BCUT2D eigenvalue weighted by Gasteiger charge is -2.16. The molecule has 1 atom stereocenters. The van der Waals surface area contributed by atoms with E-state index in [0.29, 0.717) is 17.1 Å². The Labute approximate surface area is 107 Å². The van der Waals surface area contributed by atoms with E-state index in [1.165, 1.54) is 0 Å². The van der Waals surface area contributed by atoms with E-state index in [2.05, 4.69) is 12.2 Å². The fourth-order valence-corrected chi connectivity index (χ4v) is 1.99. The van der Waals surface area contributed by atoms with Crippen LogP contribution in [-0.2, 0) is 0 Å². The molecule has 0 aliphatic carbocycles. The van der Waals surface area contributed by atoms with Crippen molar-refractivity contribution in [2.45, 2.75) is 32.7 Å². The zero-order valence-electron chi connectivity index (χ0n) is 10.3. The van der Waals surface area contributed by atoms with Crippen LogP contribution in [0, 0.1) is 6.92 Å². The summed E-state index contributed by atoms with van der Waals surface area (Å²) in [6.45, 7) is 4.45. The highest BCUT2D eigenvalue weighted by atomic mass is 35.5. The van der Waals surface area contributed by atoms with Crippen LogP contribution in [0.25, 0.3) is 0 Å². The molecule has 17 heavy (non-hydrogen) atoms. The Kier molecular flexibility index (Phi) is 5.45. The van der Waals surface area contributed by atoms with Crippen molar-refractivity contribution in [3.63, 3.8) is 0 Å². The van der Waals surface area contributed by atoms with Crippen molar-refractivity contribution in [3.8, 4) is 0 Å². The summed E-state index contributed by atoms with van der Waals surface area (Å²) >= 11 is 6.04. The van der Waals surface area contributed by atoms with Crippen molar-refractivity contribution in [1.29, 1.82) is 0 Å². The van der Waals surface area contributed by atoms with Crippen LogP contribution in [0.3, 0.4) is 0 Å². The number of nitrogens with two attached hydrogens (primary N) is 1. The molecule has 0 aliphatic rings. The quantitative estimate of drug-likeness (QED) is 0.848. The zero-order valence-corrected chi connectivity index (χ0v) is 11.1. The monoisotopic (exact) mass is 254 g/mol. The molecular weight excluding hydrogens is 236 g/mol. The van der Waals surface area contributed by atoms with Gasteiger partial charge in [-0.1, -0.05) is 31.0 Å². The summed E-state index contributed by atoms with van der Waals surface area (Å²) in [5.41, 5.74) is 7.14. The van der Waals surface area contributed by atoms with Crippen LogP contribution >= 0.6 is 11.6 Å². The first-order chi connectivity index (χ1) is 8.08. The molecule has 1 unspecified atom stereocenters. The summed E-state index contributed by atoms with van der Waals surface area (Å²) in [6.07, 6.45) is 1.87. The Morgan fingerprint density at radius 2 is 2.24 bits per heavy atom. The van der Waals surface area contributed by atoms with Crippen LogP contribution in [0.2, 0.25) is 5.02 Å². The average Bonchev–Trinajstić information content (AvgIpc) is 2.28. The van der Waals surface area contributed by atoms with Gasteiger partial charge in [0.2, 0.25) is 0 Å². The first-order valence-corrected chi connectivity index (χ1v) is 6.23. The van der Waals surface area contributed by atoms with E-state index in [1.807, 2.05) is 13.0 Å². The molecule has 0 fully saturated rings. The van der Waals surface area contributed by atoms with Gasteiger partial charge in [0.25, 0.3) is 5.91 Å². The van der Waals surface area contributed by atoms with Crippen molar-refractivity contribution >= 4 is 17.5 Å². The van der Waals surface area contributed by atoms with Gasteiger partial charge in [-0.25, -0.2) is 0 Å². The Bertz CT molecular complexity index is 393. The van der Waals surface area contributed by atoms with Crippen molar-refractivity contribution in [2.75, 3.05) is 6.54 Å². The molecule has 1 rings (SSSR count). The van der Waals surface area contributed by atoms with Gasteiger partial charge < -0.3 is 11.1 Å². The Hall–Kier alpha value is -1.06. The minimum atomic E-state index is -0.154. The third-order valence-corrected chi connectivity index (χ3v) is 2.94. The van der Waals surface area contributed by atoms with Gasteiger partial charge in [0.05, 0.1) is 10.6 Å². The number of carbonyl (C=O) groups excluding carboxylic acids is 1. The van der Waals surface area contributed by atoms with Gasteiger partial charge in [0.15, 0.2) is 0 Å². The fourth-order valence-electron chi connectivity index (χ4n) is 1.66. The molecule has 0 bridgehead atoms. The van der Waals surface area contributed by atoms with Crippen LogP contribution in [0.15, 0.2) is 18.2 Å². The number of hydrogen-bond acceptors (Lipinski definition) is 2. The van der Waals surface area contributed by atoms with E-state index in [0.717, 1.165) is 18.4 Å². The summed E-state index contributed by atoms with van der Waals surface area (Å²) < 4.78 is 0. The fraction of sp³-hybridized carbons (Fsp3) is 0.462. The second-order valence-corrected chi connectivity index (χ2v) is 4.59. The van der Waals surface area contributed by atoms with Gasteiger partial charge in [-0.3, -0.25) is 4.79 Å². The number of nitrogens with one attached hydrogen (secondary N) is 1. The van der Waals surface area contributed by atoms with Crippen molar-refractivity contribution in [2.24, 2.45) is 5.73 Å². The molecule has 94 valence electrons. The number of amides is 1. The van der Waals surface area contributed by atoms with Gasteiger partial charge in [-0.2, -0.15) is 0 Å². The molecule has 1 aromatic carbocycles. The average molecular weight is 255 g/mol. The molecule has 0 saturated carbocycles. The molecule has 0 aliphatic heterocycles. The third kappa shape index (κ3) is 4.02. The lowest BCUT2D eigenvalue weighted by molar-refractivity contribution is 0.0936. The number of aryl methyl sites for hydroxylation is 1. The second-order valence-electron chi connectivity index (χ2n) is 4.18. The number of benzene rings is 1. The topological polar surface area (TPSA) is 55.1 Å². The Morgan fingerprint density at radius 3 is 2.76 bits per heavy atom. The Morgan fingerprint density at radius 1 is 1.53 bits per heavy atom. The van der Waals surface area contributed by atoms with E-state index in [9.17, 15) is 4.79 Å². The van der Waals surface area contributed by atoms with Crippen molar-refractivity contribution in [1.82, 2.24) is 5.32 Å². The van der Waals surface area contributed by atoms with Gasteiger partial charge in [-0.05, 0) is 31.0 Å². The molecule has 4 heteroatoms. The molecule has 0 radical (unpaired) electrons. The largest absolute Gasteiger partial charge is 0.348 e. The minimum Gasteiger partial charge on any atom is -0.348 e. The maximum atomic E-state index is 12.0. The molecule has 0 spiro atoms. The molecular formula is C13H19ClN2O. The maximum Gasteiger partial charge on any atom is 0.253 e. The third-order valence-electron chi connectivity index (χ3n) is 2.63. The molecule has 3 nitrogen and oxygen atoms in total. The van der Waals surface area contributed by atoms with Gasteiger partial charge in [-0.15, -0.1) is 0 Å². The highest BCUT2D eigenvalue weighted by Crippen LogP contribution is 2.17. The number of halogens is 1. The maximum absolute atomic E-state index is 12.0. The van der Waals surface area contributed by atoms with Crippen LogP contribution in [0.4, 0.5) is 0 Å². The molecule has 0 saturated heterocycles. The summed E-state index contributed by atoms with van der Waals surface area (Å²) in [4.78, 5) is 12.0. The SMILES string of the molecule is CCCC(CN)NC(=O)c1ccc(C)cc1Cl. The van der Waals surface area contributed by atoms with Gasteiger partial charge >= 0.3 is 0 Å². The summed E-state index contributed by atoms with van der Waals surface area (Å²) in [5, 5.41) is 3.38. The van der Waals surface area contributed by atoms with Crippen LogP contribution in [-0.4, -0.2) is 18.5 Å². The van der Waals surface area contributed by atoms with Crippen LogP contribution in [0.1, 0.15) is 35.7 Å².